The third-order valence-electron chi connectivity index (χ3n) is 5.36. The summed E-state index contributed by atoms with van der Waals surface area (Å²) in [6, 6.07) is 9.50. The van der Waals surface area contributed by atoms with Crippen LogP contribution in [-0.4, -0.2) is 37.0 Å². The molecule has 3 fully saturated rings. The second-order valence-electron chi connectivity index (χ2n) is 7.24. The Morgan fingerprint density at radius 3 is 2.68 bits per heavy atom. The van der Waals surface area contributed by atoms with Gasteiger partial charge in [-0.15, -0.1) is 0 Å². The minimum Gasteiger partial charge on any atom is -0.312 e. The Balaban J connectivity index is 1.47. The Hall–Kier alpha value is -1.86. The van der Waals surface area contributed by atoms with Crippen molar-refractivity contribution in [1.82, 2.24) is 4.90 Å². The van der Waals surface area contributed by atoms with E-state index in [1.807, 2.05) is 17.0 Å². The van der Waals surface area contributed by atoms with Gasteiger partial charge in [-0.05, 0) is 56.0 Å². The Bertz CT molecular complexity index is 629. The molecule has 3 aliphatic rings. The van der Waals surface area contributed by atoms with Gasteiger partial charge in [0.2, 0.25) is 5.91 Å². The van der Waals surface area contributed by atoms with Gasteiger partial charge < -0.3 is 9.80 Å². The third kappa shape index (κ3) is 2.50. The molecule has 0 bridgehead atoms. The summed E-state index contributed by atoms with van der Waals surface area (Å²) >= 11 is 0. The number of rotatable bonds is 3. The highest BCUT2D eigenvalue weighted by molar-refractivity contribution is 5.96. The second-order valence-corrected chi connectivity index (χ2v) is 7.24. The van der Waals surface area contributed by atoms with Crippen molar-refractivity contribution in [2.75, 3.05) is 31.1 Å². The predicted octanol–water partition coefficient (Wildman–Crippen LogP) is 2.40. The first-order valence-electron chi connectivity index (χ1n) is 8.20. The van der Waals surface area contributed by atoms with Crippen LogP contribution in [0.15, 0.2) is 24.3 Å². The zero-order valence-corrected chi connectivity index (χ0v) is 12.8. The molecule has 4 nitrogen and oxygen atoms in total. The minimum atomic E-state index is 0.153. The highest BCUT2D eigenvalue weighted by atomic mass is 16.2. The normalized spacial score (nSPS) is 28.5. The Kier molecular flexibility index (Phi) is 3.19. The van der Waals surface area contributed by atoms with Crippen molar-refractivity contribution in [3.05, 3.63) is 29.8 Å². The van der Waals surface area contributed by atoms with Gasteiger partial charge in [-0.2, -0.15) is 5.26 Å². The molecule has 0 aromatic heterocycles. The van der Waals surface area contributed by atoms with Gasteiger partial charge in [0.05, 0.1) is 11.6 Å². The summed E-state index contributed by atoms with van der Waals surface area (Å²) in [6.07, 6.45) is 4.59. The van der Waals surface area contributed by atoms with E-state index in [1.54, 1.807) is 12.1 Å². The Morgan fingerprint density at radius 1 is 1.23 bits per heavy atom. The molecule has 22 heavy (non-hydrogen) atoms. The van der Waals surface area contributed by atoms with Crippen LogP contribution >= 0.6 is 0 Å². The first kappa shape index (κ1) is 13.8. The van der Waals surface area contributed by atoms with Crippen molar-refractivity contribution in [1.29, 1.82) is 5.26 Å². The zero-order valence-electron chi connectivity index (χ0n) is 12.8. The van der Waals surface area contributed by atoms with Gasteiger partial charge in [-0.3, -0.25) is 4.79 Å². The fourth-order valence-corrected chi connectivity index (χ4v) is 3.97. The lowest BCUT2D eigenvalue weighted by Gasteiger charge is -2.24. The van der Waals surface area contributed by atoms with Crippen LogP contribution in [0.1, 0.15) is 31.2 Å². The Labute approximate surface area is 131 Å². The summed E-state index contributed by atoms with van der Waals surface area (Å²) in [4.78, 5) is 17.0. The number of nitriles is 1. The van der Waals surface area contributed by atoms with Gasteiger partial charge in [-0.1, -0.05) is 0 Å². The quantitative estimate of drug-likeness (QED) is 0.860. The number of anilines is 1. The number of hydrogen-bond donors (Lipinski definition) is 0. The van der Waals surface area contributed by atoms with Crippen molar-refractivity contribution in [3.63, 3.8) is 0 Å². The molecule has 4 rings (SSSR count). The zero-order chi connectivity index (χ0) is 15.2. The first-order valence-corrected chi connectivity index (χ1v) is 8.20. The number of carbonyl (C=O) groups is 1. The molecule has 114 valence electrons. The van der Waals surface area contributed by atoms with E-state index in [-0.39, 0.29) is 11.3 Å². The molecular formula is C18H21N3O. The van der Waals surface area contributed by atoms with E-state index in [9.17, 15) is 4.79 Å². The number of amides is 1. The maximum atomic E-state index is 12.5. The van der Waals surface area contributed by atoms with E-state index >= 15 is 0 Å². The number of hydrogen-bond acceptors (Lipinski definition) is 3. The lowest BCUT2D eigenvalue weighted by Crippen LogP contribution is -2.32. The van der Waals surface area contributed by atoms with Gasteiger partial charge >= 0.3 is 0 Å². The summed E-state index contributed by atoms with van der Waals surface area (Å²) in [7, 11) is 0. The van der Waals surface area contributed by atoms with Crippen LogP contribution in [0.25, 0.3) is 0 Å². The van der Waals surface area contributed by atoms with E-state index < -0.39 is 0 Å². The van der Waals surface area contributed by atoms with Gasteiger partial charge in [0.1, 0.15) is 0 Å². The first-order chi connectivity index (χ1) is 10.7. The number of benzene rings is 1. The SMILES string of the molecule is N#Cc1ccc(N2C[C@]3(CCN(CC4CC4)C3)CC2=O)cc1. The summed E-state index contributed by atoms with van der Waals surface area (Å²) in [6.45, 7) is 4.28. The summed E-state index contributed by atoms with van der Waals surface area (Å²) < 4.78 is 0. The van der Waals surface area contributed by atoms with Crippen LogP contribution in [0.3, 0.4) is 0 Å². The van der Waals surface area contributed by atoms with Crippen molar-refractivity contribution in [2.45, 2.75) is 25.7 Å². The van der Waals surface area contributed by atoms with Crippen molar-refractivity contribution < 1.29 is 4.79 Å². The van der Waals surface area contributed by atoms with Crippen LogP contribution in [0, 0.1) is 22.7 Å². The van der Waals surface area contributed by atoms with Crippen LogP contribution in [0.4, 0.5) is 5.69 Å². The average Bonchev–Trinajstić information content (AvgIpc) is 3.17. The lowest BCUT2D eigenvalue weighted by molar-refractivity contribution is -0.117. The molecule has 4 heteroatoms. The van der Waals surface area contributed by atoms with Crippen LogP contribution < -0.4 is 4.90 Å². The molecule has 2 aliphatic heterocycles. The molecule has 1 saturated carbocycles. The van der Waals surface area contributed by atoms with Gasteiger partial charge in [0, 0.05) is 37.2 Å². The maximum Gasteiger partial charge on any atom is 0.227 e. The van der Waals surface area contributed by atoms with E-state index in [4.69, 9.17) is 5.26 Å². The van der Waals surface area contributed by atoms with Gasteiger partial charge in [-0.25, -0.2) is 0 Å². The fraction of sp³-hybridized carbons (Fsp3) is 0.556. The molecule has 1 aromatic rings. The summed E-state index contributed by atoms with van der Waals surface area (Å²) in [5.74, 6) is 1.15. The topological polar surface area (TPSA) is 47.3 Å². The highest BCUT2D eigenvalue weighted by Gasteiger charge is 2.48. The molecule has 1 aromatic carbocycles. The standard InChI is InChI=1S/C18H21N3O/c19-10-14-3-5-16(6-4-14)21-13-18(9-17(21)22)7-8-20(12-18)11-15-1-2-15/h3-6,15H,1-2,7-9,11-13H2/t18-/m1/s1. The molecule has 2 saturated heterocycles. The largest absolute Gasteiger partial charge is 0.312 e. The van der Waals surface area contributed by atoms with Crippen molar-refractivity contribution >= 4 is 11.6 Å². The molecule has 1 atom stereocenters. The smallest absolute Gasteiger partial charge is 0.227 e. The van der Waals surface area contributed by atoms with E-state index in [1.165, 1.54) is 19.4 Å². The predicted molar refractivity (Wildman–Crippen MR) is 84.3 cm³/mol. The fourth-order valence-electron chi connectivity index (χ4n) is 3.97. The Morgan fingerprint density at radius 2 is 2.00 bits per heavy atom. The molecule has 0 radical (unpaired) electrons. The lowest BCUT2D eigenvalue weighted by atomic mass is 9.86. The number of carbonyl (C=O) groups excluding carboxylic acids is 1. The molecule has 2 heterocycles. The third-order valence-corrected chi connectivity index (χ3v) is 5.36. The van der Waals surface area contributed by atoms with E-state index in [0.717, 1.165) is 37.7 Å². The van der Waals surface area contributed by atoms with E-state index in [2.05, 4.69) is 11.0 Å². The van der Waals surface area contributed by atoms with Gasteiger partial charge in [0.25, 0.3) is 0 Å². The van der Waals surface area contributed by atoms with E-state index in [0.29, 0.717) is 12.0 Å². The highest BCUT2D eigenvalue weighted by Crippen LogP contribution is 2.43. The van der Waals surface area contributed by atoms with Crippen LogP contribution in [-0.2, 0) is 4.79 Å². The number of nitrogens with zero attached hydrogens (tertiary/aromatic N) is 3. The van der Waals surface area contributed by atoms with Crippen LogP contribution in [0.5, 0.6) is 0 Å². The molecule has 1 aliphatic carbocycles. The number of likely N-dealkylation sites (tertiary alicyclic amines) is 1. The second kappa shape index (κ2) is 5.10. The summed E-state index contributed by atoms with van der Waals surface area (Å²) in [5.41, 5.74) is 1.72. The minimum absolute atomic E-state index is 0.153. The van der Waals surface area contributed by atoms with Gasteiger partial charge in [0.15, 0.2) is 0 Å². The molecule has 1 amide bonds. The molecule has 0 N–H and O–H groups in total. The maximum absolute atomic E-state index is 12.5. The average molecular weight is 295 g/mol. The van der Waals surface area contributed by atoms with Crippen molar-refractivity contribution in [2.24, 2.45) is 11.3 Å². The molecule has 0 unspecified atom stereocenters. The summed E-state index contributed by atoms with van der Waals surface area (Å²) in [5, 5.41) is 8.88. The van der Waals surface area contributed by atoms with Crippen LogP contribution in [0.2, 0.25) is 0 Å². The molecular weight excluding hydrogens is 274 g/mol. The monoisotopic (exact) mass is 295 g/mol. The molecule has 1 spiro atoms. The van der Waals surface area contributed by atoms with Crippen molar-refractivity contribution in [3.8, 4) is 6.07 Å².